The van der Waals surface area contributed by atoms with Crippen molar-refractivity contribution in [3.63, 3.8) is 0 Å². The standard InChI is InChI=1S/C27H37N5O3S/c28-25(29)22-11-8-12-24(19-22)30-26(33)31-27(15-6-1-2-7-16-27)23-13-17-32(18-14-23)36(34,35)20-21-9-4-3-5-10-21/h3-5,8-12,19,23H,1-2,6-7,13-18,20H2,(H3,28,29)(H2,30,31,33). The van der Waals surface area contributed by atoms with Gasteiger partial charge in [0.2, 0.25) is 10.0 Å². The largest absolute Gasteiger partial charge is 0.384 e. The van der Waals surface area contributed by atoms with Gasteiger partial charge in [0.15, 0.2) is 0 Å². The fourth-order valence-corrected chi connectivity index (χ4v) is 7.27. The van der Waals surface area contributed by atoms with Gasteiger partial charge in [-0.25, -0.2) is 17.5 Å². The molecule has 1 saturated heterocycles. The summed E-state index contributed by atoms with van der Waals surface area (Å²) in [6, 6.07) is 16.0. The molecule has 1 heterocycles. The molecule has 1 saturated carbocycles. The second kappa shape index (κ2) is 11.4. The highest BCUT2D eigenvalue weighted by Crippen LogP contribution is 2.39. The van der Waals surface area contributed by atoms with Crippen molar-refractivity contribution < 1.29 is 13.2 Å². The van der Waals surface area contributed by atoms with Crippen LogP contribution in [-0.4, -0.2) is 43.2 Å². The Bertz CT molecular complexity index is 1150. The van der Waals surface area contributed by atoms with Gasteiger partial charge in [-0.05, 0) is 49.3 Å². The van der Waals surface area contributed by atoms with Crippen molar-refractivity contribution in [3.8, 4) is 0 Å². The van der Waals surface area contributed by atoms with Gasteiger partial charge in [-0.15, -0.1) is 0 Å². The summed E-state index contributed by atoms with van der Waals surface area (Å²) in [6.07, 6.45) is 7.65. The van der Waals surface area contributed by atoms with Crippen molar-refractivity contribution in [1.29, 1.82) is 5.41 Å². The topological polar surface area (TPSA) is 128 Å². The number of rotatable bonds is 7. The zero-order valence-corrected chi connectivity index (χ0v) is 21.5. The first-order valence-electron chi connectivity index (χ1n) is 12.8. The average molecular weight is 512 g/mol. The number of anilines is 1. The first kappa shape index (κ1) is 26.2. The second-order valence-electron chi connectivity index (χ2n) is 10.1. The van der Waals surface area contributed by atoms with E-state index in [1.54, 1.807) is 28.6 Å². The number of carbonyl (C=O) groups excluding carboxylic acids is 1. The lowest BCUT2D eigenvalue weighted by molar-refractivity contribution is 0.130. The monoisotopic (exact) mass is 511 g/mol. The summed E-state index contributed by atoms with van der Waals surface area (Å²) in [5, 5.41) is 13.9. The predicted octanol–water partition coefficient (Wildman–Crippen LogP) is 4.43. The normalized spacial score (nSPS) is 19.2. The predicted molar refractivity (Wildman–Crippen MR) is 143 cm³/mol. The highest BCUT2D eigenvalue weighted by molar-refractivity contribution is 7.88. The lowest BCUT2D eigenvalue weighted by Gasteiger charge is -2.45. The summed E-state index contributed by atoms with van der Waals surface area (Å²) < 4.78 is 27.7. The van der Waals surface area contributed by atoms with Crippen molar-refractivity contribution in [1.82, 2.24) is 9.62 Å². The molecular formula is C27H37N5O3S. The molecule has 2 aliphatic rings. The summed E-state index contributed by atoms with van der Waals surface area (Å²) in [5.74, 6) is 0.185. The molecule has 5 N–H and O–H groups in total. The van der Waals surface area contributed by atoms with E-state index in [0.717, 1.165) is 56.9 Å². The van der Waals surface area contributed by atoms with Gasteiger partial charge in [0, 0.05) is 29.9 Å². The van der Waals surface area contributed by atoms with E-state index in [9.17, 15) is 13.2 Å². The molecule has 0 spiro atoms. The van der Waals surface area contributed by atoms with E-state index in [1.165, 1.54) is 0 Å². The van der Waals surface area contributed by atoms with Crippen LogP contribution in [-0.2, 0) is 15.8 Å². The molecule has 1 aliphatic carbocycles. The number of sulfonamides is 1. The molecular weight excluding hydrogens is 474 g/mol. The van der Waals surface area contributed by atoms with Crippen LogP contribution in [0.5, 0.6) is 0 Å². The Morgan fingerprint density at radius 2 is 1.67 bits per heavy atom. The van der Waals surface area contributed by atoms with Crippen molar-refractivity contribution in [3.05, 3.63) is 65.7 Å². The van der Waals surface area contributed by atoms with E-state index in [-0.39, 0.29) is 29.1 Å². The second-order valence-corrected chi connectivity index (χ2v) is 12.0. The van der Waals surface area contributed by atoms with Gasteiger partial charge < -0.3 is 16.4 Å². The van der Waals surface area contributed by atoms with E-state index >= 15 is 0 Å². The molecule has 0 aromatic heterocycles. The Labute approximate surface area is 214 Å². The Kier molecular flexibility index (Phi) is 8.31. The number of nitrogens with zero attached hydrogens (tertiary/aromatic N) is 1. The fourth-order valence-electron chi connectivity index (χ4n) is 5.71. The maximum Gasteiger partial charge on any atom is 0.319 e. The Balaban J connectivity index is 1.43. The zero-order valence-electron chi connectivity index (χ0n) is 20.7. The average Bonchev–Trinajstić information content (AvgIpc) is 3.11. The van der Waals surface area contributed by atoms with Gasteiger partial charge >= 0.3 is 6.03 Å². The van der Waals surface area contributed by atoms with Gasteiger partial charge in [0.05, 0.1) is 5.75 Å². The number of amidine groups is 1. The van der Waals surface area contributed by atoms with Gasteiger partial charge in [-0.1, -0.05) is 68.1 Å². The molecule has 4 rings (SSSR count). The molecule has 194 valence electrons. The summed E-state index contributed by atoms with van der Waals surface area (Å²) in [6.45, 7) is 0.955. The first-order chi connectivity index (χ1) is 17.3. The number of nitrogens with one attached hydrogen (secondary N) is 3. The highest BCUT2D eigenvalue weighted by Gasteiger charge is 2.43. The number of hydrogen-bond donors (Lipinski definition) is 4. The van der Waals surface area contributed by atoms with Crippen LogP contribution in [0.4, 0.5) is 10.5 Å². The van der Waals surface area contributed by atoms with E-state index in [2.05, 4.69) is 10.6 Å². The van der Waals surface area contributed by atoms with Gasteiger partial charge in [0.1, 0.15) is 5.84 Å². The van der Waals surface area contributed by atoms with E-state index in [1.807, 2.05) is 30.3 Å². The molecule has 36 heavy (non-hydrogen) atoms. The van der Waals surface area contributed by atoms with Crippen molar-refractivity contribution in [2.45, 2.75) is 62.7 Å². The minimum atomic E-state index is -3.39. The van der Waals surface area contributed by atoms with Crippen LogP contribution < -0.4 is 16.4 Å². The summed E-state index contributed by atoms with van der Waals surface area (Å²) >= 11 is 0. The minimum Gasteiger partial charge on any atom is -0.384 e. The first-order valence-corrected chi connectivity index (χ1v) is 14.4. The minimum absolute atomic E-state index is 0.0175. The number of benzene rings is 2. The maximum absolute atomic E-state index is 13.1. The molecule has 2 aromatic carbocycles. The Hall–Kier alpha value is -2.91. The van der Waals surface area contributed by atoms with Crippen LogP contribution in [0.15, 0.2) is 54.6 Å². The quantitative estimate of drug-likeness (QED) is 0.249. The van der Waals surface area contributed by atoms with E-state index in [0.29, 0.717) is 24.3 Å². The lowest BCUT2D eigenvalue weighted by Crippen LogP contribution is -2.57. The number of hydrogen-bond acceptors (Lipinski definition) is 4. The Morgan fingerprint density at radius 3 is 2.31 bits per heavy atom. The number of carbonyl (C=O) groups is 1. The lowest BCUT2D eigenvalue weighted by atomic mass is 9.73. The molecule has 8 nitrogen and oxygen atoms in total. The number of nitrogens with two attached hydrogens (primary N) is 1. The highest BCUT2D eigenvalue weighted by atomic mass is 32.2. The molecule has 2 aromatic rings. The van der Waals surface area contributed by atoms with Crippen molar-refractivity contribution >= 4 is 27.6 Å². The third-order valence-electron chi connectivity index (χ3n) is 7.61. The summed E-state index contributed by atoms with van der Waals surface area (Å²) in [4.78, 5) is 13.1. The molecule has 2 fully saturated rings. The number of amides is 2. The smallest absolute Gasteiger partial charge is 0.319 e. The van der Waals surface area contributed by atoms with Gasteiger partial charge in [-0.3, -0.25) is 5.41 Å². The van der Waals surface area contributed by atoms with Crippen molar-refractivity contribution in [2.75, 3.05) is 18.4 Å². The molecule has 0 unspecified atom stereocenters. The number of urea groups is 1. The molecule has 9 heteroatoms. The fraction of sp³-hybridized carbons (Fsp3) is 0.481. The van der Waals surface area contributed by atoms with E-state index in [4.69, 9.17) is 11.1 Å². The summed E-state index contributed by atoms with van der Waals surface area (Å²) in [5.41, 5.74) is 7.18. The molecule has 1 aliphatic heterocycles. The third kappa shape index (κ3) is 6.44. The summed E-state index contributed by atoms with van der Waals surface area (Å²) in [7, 11) is -3.39. The SMILES string of the molecule is N=C(N)c1cccc(NC(=O)NC2(C3CCN(S(=O)(=O)Cc4ccccc4)CC3)CCCCCC2)c1. The van der Waals surface area contributed by atoms with Crippen LogP contribution in [0.25, 0.3) is 0 Å². The van der Waals surface area contributed by atoms with Gasteiger partial charge in [0.25, 0.3) is 0 Å². The molecule has 0 radical (unpaired) electrons. The van der Waals surface area contributed by atoms with Crippen LogP contribution in [0.3, 0.4) is 0 Å². The van der Waals surface area contributed by atoms with Crippen LogP contribution in [0, 0.1) is 11.3 Å². The van der Waals surface area contributed by atoms with Crippen molar-refractivity contribution in [2.24, 2.45) is 11.7 Å². The Morgan fingerprint density at radius 1 is 1.00 bits per heavy atom. The third-order valence-corrected chi connectivity index (χ3v) is 9.46. The zero-order chi connectivity index (χ0) is 25.6. The van der Waals surface area contributed by atoms with E-state index < -0.39 is 10.0 Å². The molecule has 2 amide bonds. The van der Waals surface area contributed by atoms with Gasteiger partial charge in [-0.2, -0.15) is 0 Å². The maximum atomic E-state index is 13.1. The molecule has 0 bridgehead atoms. The van der Waals surface area contributed by atoms with Crippen LogP contribution >= 0.6 is 0 Å². The molecule has 0 atom stereocenters. The number of nitrogen functional groups attached to an aromatic ring is 1. The van der Waals surface area contributed by atoms with Crippen LogP contribution in [0.1, 0.15) is 62.5 Å². The van der Waals surface area contributed by atoms with Crippen LogP contribution in [0.2, 0.25) is 0 Å². The number of piperidine rings is 1.